The number of aryl methyl sites for hydroxylation is 1. The molecule has 0 radical (unpaired) electrons. The number of carbonyl (C=O) groups is 1. The minimum absolute atomic E-state index is 0.0335. The van der Waals surface area contributed by atoms with Crippen molar-refractivity contribution in [3.63, 3.8) is 0 Å². The standard InChI is InChI=1S/C16H12ClN3O2/c1-20-13-5-3-2-4-12(13)14(16(20)22)18-19-15(21)10-6-8-11(17)9-7-10/h2-9,22H,1H3. The van der Waals surface area contributed by atoms with Crippen molar-refractivity contribution in [1.29, 1.82) is 0 Å². The van der Waals surface area contributed by atoms with E-state index in [4.69, 9.17) is 11.6 Å². The van der Waals surface area contributed by atoms with Crippen LogP contribution < -0.4 is 0 Å². The Morgan fingerprint density at radius 3 is 2.55 bits per heavy atom. The summed E-state index contributed by atoms with van der Waals surface area (Å²) in [5.41, 5.74) is 1.47. The number of benzene rings is 2. The molecule has 110 valence electrons. The lowest BCUT2D eigenvalue weighted by Crippen LogP contribution is -1.92. The van der Waals surface area contributed by atoms with Gasteiger partial charge in [-0.05, 0) is 30.3 Å². The molecule has 0 aliphatic rings. The molecule has 0 saturated heterocycles. The Balaban J connectivity index is 1.97. The van der Waals surface area contributed by atoms with Crippen molar-refractivity contribution >= 4 is 34.1 Å². The lowest BCUT2D eigenvalue weighted by Gasteiger charge is -1.96. The third-order valence-electron chi connectivity index (χ3n) is 3.38. The van der Waals surface area contributed by atoms with Crippen LogP contribution in [0.5, 0.6) is 5.88 Å². The average Bonchev–Trinajstić information content (AvgIpc) is 2.78. The molecule has 5 nitrogen and oxygen atoms in total. The van der Waals surface area contributed by atoms with Gasteiger partial charge in [-0.2, -0.15) is 0 Å². The molecule has 1 heterocycles. The average molecular weight is 314 g/mol. The topological polar surface area (TPSA) is 66.9 Å². The number of fused-ring (bicyclic) bond motifs is 1. The minimum Gasteiger partial charge on any atom is -0.493 e. The molecular weight excluding hydrogens is 302 g/mol. The van der Waals surface area contributed by atoms with Crippen molar-refractivity contribution in [3.8, 4) is 5.88 Å². The van der Waals surface area contributed by atoms with E-state index in [9.17, 15) is 9.90 Å². The molecule has 3 rings (SSSR count). The number of aromatic nitrogens is 1. The van der Waals surface area contributed by atoms with Gasteiger partial charge in [0.15, 0.2) is 5.69 Å². The molecule has 0 aliphatic heterocycles. The zero-order chi connectivity index (χ0) is 15.7. The van der Waals surface area contributed by atoms with Gasteiger partial charge in [0.05, 0.1) is 5.52 Å². The predicted octanol–water partition coefficient (Wildman–Crippen LogP) is 4.46. The van der Waals surface area contributed by atoms with Gasteiger partial charge in [-0.15, -0.1) is 10.2 Å². The van der Waals surface area contributed by atoms with E-state index in [1.807, 2.05) is 24.3 Å². The van der Waals surface area contributed by atoms with E-state index >= 15 is 0 Å². The van der Waals surface area contributed by atoms with Crippen molar-refractivity contribution in [2.24, 2.45) is 17.3 Å². The monoisotopic (exact) mass is 313 g/mol. The quantitative estimate of drug-likeness (QED) is 0.710. The highest BCUT2D eigenvalue weighted by Crippen LogP contribution is 2.37. The molecule has 0 saturated carbocycles. The highest BCUT2D eigenvalue weighted by molar-refractivity contribution is 6.30. The molecule has 0 bridgehead atoms. The summed E-state index contributed by atoms with van der Waals surface area (Å²) >= 11 is 5.78. The zero-order valence-electron chi connectivity index (χ0n) is 11.7. The van der Waals surface area contributed by atoms with E-state index in [-0.39, 0.29) is 11.6 Å². The van der Waals surface area contributed by atoms with Crippen LogP contribution in [0.3, 0.4) is 0 Å². The summed E-state index contributed by atoms with van der Waals surface area (Å²) in [5, 5.41) is 19.0. The van der Waals surface area contributed by atoms with Crippen molar-refractivity contribution < 1.29 is 9.90 Å². The van der Waals surface area contributed by atoms with Crippen LogP contribution >= 0.6 is 11.6 Å². The van der Waals surface area contributed by atoms with Gasteiger partial charge in [-0.25, -0.2) is 0 Å². The molecule has 0 atom stereocenters. The van der Waals surface area contributed by atoms with Crippen LogP contribution in [0.2, 0.25) is 5.02 Å². The van der Waals surface area contributed by atoms with Crippen molar-refractivity contribution in [2.45, 2.75) is 0 Å². The van der Waals surface area contributed by atoms with E-state index < -0.39 is 5.91 Å². The maximum atomic E-state index is 12.0. The fourth-order valence-corrected chi connectivity index (χ4v) is 2.33. The lowest BCUT2D eigenvalue weighted by molar-refractivity contribution is 0.0995. The second-order valence-electron chi connectivity index (χ2n) is 4.76. The van der Waals surface area contributed by atoms with Gasteiger partial charge in [0.2, 0.25) is 5.88 Å². The number of nitrogens with zero attached hydrogens (tertiary/aromatic N) is 3. The van der Waals surface area contributed by atoms with Crippen LogP contribution in [0, 0.1) is 0 Å². The number of carbonyl (C=O) groups excluding carboxylic acids is 1. The molecule has 6 heteroatoms. The fourth-order valence-electron chi connectivity index (χ4n) is 2.20. The summed E-state index contributed by atoms with van der Waals surface area (Å²) in [6.45, 7) is 0. The molecule has 0 fully saturated rings. The van der Waals surface area contributed by atoms with E-state index in [2.05, 4.69) is 10.2 Å². The Labute approximate surface area is 131 Å². The van der Waals surface area contributed by atoms with Gasteiger partial charge in [0, 0.05) is 23.0 Å². The maximum absolute atomic E-state index is 12.0. The van der Waals surface area contributed by atoms with E-state index in [0.29, 0.717) is 10.6 Å². The number of azo groups is 1. The van der Waals surface area contributed by atoms with Crippen molar-refractivity contribution in [2.75, 3.05) is 0 Å². The Kier molecular flexibility index (Phi) is 3.65. The third kappa shape index (κ3) is 2.46. The largest absolute Gasteiger partial charge is 0.493 e. The van der Waals surface area contributed by atoms with Gasteiger partial charge in [-0.1, -0.05) is 29.8 Å². The predicted molar refractivity (Wildman–Crippen MR) is 84.9 cm³/mol. The number of rotatable bonds is 2. The van der Waals surface area contributed by atoms with Crippen LogP contribution in [0.1, 0.15) is 10.4 Å². The summed E-state index contributed by atoms with van der Waals surface area (Å²) in [5.74, 6) is -0.530. The Morgan fingerprint density at radius 2 is 1.82 bits per heavy atom. The molecule has 22 heavy (non-hydrogen) atoms. The zero-order valence-corrected chi connectivity index (χ0v) is 12.4. The van der Waals surface area contributed by atoms with Gasteiger partial charge in [0.25, 0.3) is 5.91 Å². The summed E-state index contributed by atoms with van der Waals surface area (Å²) in [6, 6.07) is 13.7. The minimum atomic E-state index is -0.496. The van der Waals surface area contributed by atoms with Crippen LogP contribution in [-0.4, -0.2) is 15.6 Å². The second-order valence-corrected chi connectivity index (χ2v) is 5.20. The number of amides is 1. The molecule has 0 aliphatic carbocycles. The van der Waals surface area contributed by atoms with Crippen molar-refractivity contribution in [3.05, 3.63) is 59.1 Å². The second kappa shape index (κ2) is 5.61. The van der Waals surface area contributed by atoms with Gasteiger partial charge in [0.1, 0.15) is 0 Å². The molecule has 1 aromatic heterocycles. The number of para-hydroxylation sites is 1. The first-order chi connectivity index (χ1) is 10.6. The highest BCUT2D eigenvalue weighted by Gasteiger charge is 2.14. The SMILES string of the molecule is Cn1c(O)c(N=NC(=O)c2ccc(Cl)cc2)c2ccccc21. The van der Waals surface area contributed by atoms with E-state index in [1.54, 1.807) is 35.9 Å². The summed E-state index contributed by atoms with van der Waals surface area (Å²) in [6.07, 6.45) is 0. The van der Waals surface area contributed by atoms with Crippen molar-refractivity contribution in [1.82, 2.24) is 4.57 Å². The molecule has 2 aromatic carbocycles. The first kappa shape index (κ1) is 14.3. The first-order valence-corrected chi connectivity index (χ1v) is 6.94. The van der Waals surface area contributed by atoms with Crippen LogP contribution in [0.15, 0.2) is 58.8 Å². The molecule has 3 aromatic rings. The first-order valence-electron chi connectivity index (χ1n) is 6.56. The Hall–Kier alpha value is -2.66. The summed E-state index contributed by atoms with van der Waals surface area (Å²) in [7, 11) is 1.72. The number of hydrogen-bond acceptors (Lipinski definition) is 3. The van der Waals surface area contributed by atoms with Crippen LogP contribution in [0.25, 0.3) is 10.9 Å². The molecular formula is C16H12ClN3O2. The number of halogens is 1. The third-order valence-corrected chi connectivity index (χ3v) is 3.63. The molecule has 0 spiro atoms. The molecule has 0 unspecified atom stereocenters. The molecule has 1 N–H and O–H groups in total. The number of aromatic hydroxyl groups is 1. The normalized spacial score (nSPS) is 11.4. The van der Waals surface area contributed by atoms with E-state index in [0.717, 1.165) is 10.9 Å². The van der Waals surface area contributed by atoms with Crippen LogP contribution in [0.4, 0.5) is 5.69 Å². The Bertz CT molecular complexity index is 882. The van der Waals surface area contributed by atoms with Crippen LogP contribution in [-0.2, 0) is 7.05 Å². The van der Waals surface area contributed by atoms with Gasteiger partial charge in [-0.3, -0.25) is 4.79 Å². The molecule has 1 amide bonds. The number of hydrogen-bond donors (Lipinski definition) is 1. The summed E-state index contributed by atoms with van der Waals surface area (Å²) < 4.78 is 1.59. The van der Waals surface area contributed by atoms with Gasteiger partial charge >= 0.3 is 0 Å². The highest BCUT2D eigenvalue weighted by atomic mass is 35.5. The fraction of sp³-hybridized carbons (Fsp3) is 0.0625. The smallest absolute Gasteiger partial charge is 0.295 e. The summed E-state index contributed by atoms with van der Waals surface area (Å²) in [4.78, 5) is 12.0. The Morgan fingerprint density at radius 1 is 1.14 bits per heavy atom. The maximum Gasteiger partial charge on any atom is 0.295 e. The van der Waals surface area contributed by atoms with E-state index in [1.165, 1.54) is 0 Å². The van der Waals surface area contributed by atoms with Gasteiger partial charge < -0.3 is 9.67 Å². The lowest BCUT2D eigenvalue weighted by atomic mass is 10.2.